The molecule has 40 N–H and O–H groups in total. The first-order valence-corrected chi connectivity index (χ1v) is 45.2. The molecule has 1 heterocycles. The van der Waals surface area contributed by atoms with Crippen molar-refractivity contribution in [2.24, 2.45) is 57.7 Å². The molecular weight excluding hydrogens is 1810 g/mol. The monoisotopic (exact) mass is 1950 g/mol. The summed E-state index contributed by atoms with van der Waals surface area (Å²) in [6, 6.07) is -15.0. The summed E-state index contributed by atoms with van der Waals surface area (Å²) in [5, 5.41) is 117. The van der Waals surface area contributed by atoms with Gasteiger partial charge in [-0.3, -0.25) is 87.5 Å². The van der Waals surface area contributed by atoms with Gasteiger partial charge in [0.2, 0.25) is 94.5 Å². The third-order valence-electron chi connectivity index (χ3n) is 21.7. The number of nitrogens with one attached hydrogen (secondary N) is 18. The number of hydrogen-bond donors (Lipinski definition) is 34. The summed E-state index contributed by atoms with van der Waals surface area (Å²) in [5.74, 6) is -21.1. The molecule has 1 aliphatic rings. The van der Waals surface area contributed by atoms with Gasteiger partial charge in [-0.15, -0.1) is 0 Å². The highest BCUT2D eigenvalue weighted by molar-refractivity contribution is 7.81. The highest BCUT2D eigenvalue weighted by atomic mass is 32.1. The van der Waals surface area contributed by atoms with E-state index >= 15 is 0 Å². The zero-order valence-electron chi connectivity index (χ0n) is 76.7. The van der Waals surface area contributed by atoms with Gasteiger partial charge in [-0.25, -0.2) is 4.79 Å². The average molecular weight is 1950 g/mol. The molecule has 135 heavy (non-hydrogen) atoms. The Morgan fingerprint density at radius 1 is 0.474 bits per heavy atom. The van der Waals surface area contributed by atoms with Crippen molar-refractivity contribution in [2.45, 2.75) is 258 Å². The summed E-state index contributed by atoms with van der Waals surface area (Å²) in [6.07, 6.45) is -5.63. The Kier molecular flexibility index (Phi) is 51.1. The Bertz CT molecular complexity index is 4330. The van der Waals surface area contributed by atoms with Crippen LogP contribution in [0.3, 0.4) is 0 Å². The first kappa shape index (κ1) is 117. The Labute approximate surface area is 792 Å². The van der Waals surface area contributed by atoms with Crippen molar-refractivity contribution in [1.82, 2.24) is 90.0 Å². The molecule has 16 amide bonds. The number of phenols is 2. The minimum atomic E-state index is -2.01. The van der Waals surface area contributed by atoms with E-state index in [1.165, 1.54) is 62.4 Å². The number of carboxylic acids is 1. The quantitative estimate of drug-likeness (QED) is 0.0127. The number of aliphatic hydroxyl groups excluding tert-OH is 3. The van der Waals surface area contributed by atoms with Crippen molar-refractivity contribution in [3.05, 3.63) is 59.7 Å². The number of hydrogen-bond acceptors (Lipinski definition) is 31. The van der Waals surface area contributed by atoms with Crippen molar-refractivity contribution >= 4 is 138 Å². The third-order valence-corrected chi connectivity index (χ3v) is 22.4. The van der Waals surface area contributed by atoms with Crippen LogP contribution in [-0.4, -0.2) is 320 Å². The maximum Gasteiger partial charge on any atom is 0.326 e. The molecule has 19 atom stereocenters. The number of nitrogens with zero attached hydrogens (tertiary/aromatic N) is 1. The van der Waals surface area contributed by atoms with Crippen molar-refractivity contribution in [3.8, 4) is 11.5 Å². The fourth-order valence-corrected chi connectivity index (χ4v) is 14.2. The predicted octanol–water partition coefficient (Wildman–Crippen LogP) is -10.7. The molecule has 50 nitrogen and oxygen atoms in total. The first-order chi connectivity index (χ1) is 63.5. The van der Waals surface area contributed by atoms with E-state index in [9.17, 15) is 112 Å². The number of carboxylic acid groups (broad SMARTS) is 1. The summed E-state index contributed by atoms with van der Waals surface area (Å²) < 4.78 is -1.65. The van der Waals surface area contributed by atoms with Crippen LogP contribution in [-0.2, 0) is 94.3 Å². The van der Waals surface area contributed by atoms with Gasteiger partial charge in [0.15, 0.2) is 11.9 Å². The summed E-state index contributed by atoms with van der Waals surface area (Å²) in [6.45, 7) is 8.28. The van der Waals surface area contributed by atoms with E-state index in [0.717, 1.165) is 11.8 Å². The molecule has 0 unspecified atom stereocenters. The van der Waals surface area contributed by atoms with E-state index in [4.69, 9.17) is 56.7 Å². The number of thiol groups is 2. The SMILES string of the molecule is CC[C@H](C)[C@H](NC(=O)[C@@H]1C[C@@H](O)CN1C(=O)[C@@H](N)C(C)C)C(=O)N[C@H](C(=O)N[C@@H](Cc1ccc(O)cc1)C(=O)N[C@H](C(=O)N[C@@H](CC(N)=O)C(=O)N[C@@H](CCCNC(=N)N)C(=O)N[C@@H](CCN)C(=O)N[C@@H](CO)C(=O)N[C@H](CCN)C(=O)N[C@@H](CCCCN)C(=O)N[C@@H](CS)C(=O)N[C@@H](CCN)C(=O)N[C@@H](CCCNC(=N)N)C(=O)N[C@@H](Cc1ccc(O)cc1)C(=O)O)C(C)(C)S)[C@@H](C)O. The number of unbranched alkanes of at least 4 members (excludes halogenated alkanes) is 1. The Morgan fingerprint density at radius 2 is 0.837 bits per heavy atom. The predicted molar refractivity (Wildman–Crippen MR) is 498 cm³/mol. The average Bonchev–Trinajstić information content (AvgIpc) is 1.64. The third kappa shape index (κ3) is 40.6. The van der Waals surface area contributed by atoms with Crippen molar-refractivity contribution in [1.29, 1.82) is 10.8 Å². The minimum absolute atomic E-state index is 0.0410. The lowest BCUT2D eigenvalue weighted by Gasteiger charge is -2.33. The van der Waals surface area contributed by atoms with Crippen LogP contribution in [0, 0.1) is 22.7 Å². The van der Waals surface area contributed by atoms with Crippen LogP contribution in [0.5, 0.6) is 11.5 Å². The lowest BCUT2D eigenvalue weighted by molar-refractivity contribution is -0.142. The van der Waals surface area contributed by atoms with Crippen molar-refractivity contribution in [3.63, 3.8) is 0 Å². The molecule has 756 valence electrons. The van der Waals surface area contributed by atoms with Crippen LogP contribution in [0.4, 0.5) is 0 Å². The number of aromatic hydroxyl groups is 2. The highest BCUT2D eigenvalue weighted by Crippen LogP contribution is 2.24. The van der Waals surface area contributed by atoms with Gasteiger partial charge in [-0.1, -0.05) is 58.4 Å². The number of aliphatic carboxylic acids is 1. The molecule has 2 aromatic rings. The summed E-state index contributed by atoms with van der Waals surface area (Å²) in [7, 11) is 0. The molecule has 1 aliphatic heterocycles. The smallest absolute Gasteiger partial charge is 0.326 e. The van der Waals surface area contributed by atoms with E-state index in [2.05, 4.69) is 110 Å². The van der Waals surface area contributed by atoms with Crippen LogP contribution in [0.15, 0.2) is 48.5 Å². The fraction of sp³-hybridized carbons (Fsp3) is 0.627. The standard InChI is InChI=1S/C83H139N27O23S2/c1-8-41(4)62(107-75(127)59-35-47(115)37-110(59)79(131)61(89)40(2)3)76(128)108-63(42(5)112)77(129)102-54(33-43-16-20-45(113)21-17-43)72(124)109-64(83(6,7)135)78(130)103-55(36-60(88)116)71(123)98-49(14-11-31-94-81(90)91)65(117)99-53(26-30-87)70(122)105-57(38-111)73(125)100-51(24-28-85)68(120)96-48(13-9-10-27-84)67(119)106-58(39-134)74(126)101-52(25-29-86)69(121)97-50(15-12-32-95-82(92)93)66(118)104-56(80(132)133)34-44-18-22-46(114)23-19-44/h16-23,40-42,47-59,61-64,111-115,134-135H,8-15,24-39,84-87,89H2,1-7H3,(H2,88,116)(H,96,120)(H,97,121)(H,98,123)(H,99,117)(H,100,125)(H,101,126)(H,102,129)(H,103,130)(H,104,118)(H,105,122)(H,106,119)(H,107,127)(H,108,128)(H,109,124)(H,132,133)(H4,90,91,94)(H4,92,93,95)/t41-,42+,47+,48-,49-,50-,51+,52-,53-,54-,55-,56-,57-,58-,59-,61-,62-,63-,64+/m0/s1. The van der Waals surface area contributed by atoms with E-state index in [0.29, 0.717) is 12.0 Å². The maximum absolute atomic E-state index is 14.8. The van der Waals surface area contributed by atoms with E-state index in [1.807, 2.05) is 0 Å². The molecule has 52 heteroatoms. The van der Waals surface area contributed by atoms with Crippen LogP contribution in [0.1, 0.15) is 143 Å². The van der Waals surface area contributed by atoms with Crippen molar-refractivity contribution < 1.29 is 112 Å². The molecule has 0 bridgehead atoms. The van der Waals surface area contributed by atoms with Gasteiger partial charge in [0.25, 0.3) is 0 Å². The van der Waals surface area contributed by atoms with E-state index in [-0.39, 0.29) is 139 Å². The second kappa shape index (κ2) is 59.0. The molecule has 0 aliphatic carbocycles. The largest absolute Gasteiger partial charge is 0.508 e. The number of rotatable bonds is 61. The molecule has 0 aromatic heterocycles. The molecule has 1 saturated heterocycles. The number of aliphatic hydroxyl groups is 3. The second-order valence-corrected chi connectivity index (χ2v) is 35.1. The van der Waals surface area contributed by atoms with Gasteiger partial charge in [-0.2, -0.15) is 25.3 Å². The topological polar surface area (TPSA) is 863 Å². The number of amides is 16. The number of guanidine groups is 2. The molecule has 3 rings (SSSR count). The van der Waals surface area contributed by atoms with Gasteiger partial charge >= 0.3 is 5.97 Å². The maximum atomic E-state index is 14.8. The number of nitrogens with two attached hydrogens (primary N) is 8. The summed E-state index contributed by atoms with van der Waals surface area (Å²) in [4.78, 5) is 240. The lowest BCUT2D eigenvalue weighted by Crippen LogP contribution is -2.64. The molecule has 0 radical (unpaired) electrons. The Balaban J connectivity index is 1.91. The number of β-amino-alcohol motifs (C(OH)–C–C–N with tert-alkyl or cyclic N) is 1. The molecule has 1 fully saturated rings. The van der Waals surface area contributed by atoms with Crippen molar-refractivity contribution in [2.75, 3.05) is 58.2 Å². The van der Waals surface area contributed by atoms with Gasteiger partial charge in [0.1, 0.15) is 102 Å². The van der Waals surface area contributed by atoms with E-state index < -0.39 is 264 Å². The van der Waals surface area contributed by atoms with Crippen LogP contribution in [0.2, 0.25) is 0 Å². The molecule has 0 saturated carbocycles. The zero-order chi connectivity index (χ0) is 102. The Hall–Kier alpha value is -12.0. The van der Waals surface area contributed by atoms with Crippen LogP contribution < -0.4 is 131 Å². The molecular formula is C83H139N27O23S2. The lowest BCUT2D eigenvalue weighted by atomic mass is 9.96. The number of carbonyl (C=O) groups is 17. The normalized spacial score (nSPS) is 16.8. The van der Waals surface area contributed by atoms with Gasteiger partial charge < -0.3 is 166 Å². The molecule has 0 spiro atoms. The fourth-order valence-electron chi connectivity index (χ4n) is 13.8. The summed E-state index contributed by atoms with van der Waals surface area (Å²) in [5.41, 5.74) is 46.9. The van der Waals surface area contributed by atoms with E-state index in [1.54, 1.807) is 27.7 Å². The van der Waals surface area contributed by atoms with Gasteiger partial charge in [-0.05, 0) is 158 Å². The zero-order valence-corrected chi connectivity index (χ0v) is 78.5. The number of phenolic OH excluding ortho intramolecular Hbond substituents is 2. The molecule has 2 aromatic carbocycles. The number of carbonyl (C=O) groups excluding carboxylic acids is 16. The van der Waals surface area contributed by atoms with Crippen LogP contribution in [0.25, 0.3) is 0 Å². The summed E-state index contributed by atoms with van der Waals surface area (Å²) >= 11 is 8.84. The first-order valence-electron chi connectivity index (χ1n) is 44.1. The Morgan fingerprint density at radius 3 is 1.21 bits per heavy atom. The van der Waals surface area contributed by atoms with Gasteiger partial charge in [0, 0.05) is 49.4 Å². The van der Waals surface area contributed by atoms with Crippen LogP contribution >= 0.6 is 25.3 Å². The van der Waals surface area contributed by atoms with Gasteiger partial charge in [0.05, 0.1) is 31.3 Å². The minimum Gasteiger partial charge on any atom is -0.508 e. The highest BCUT2D eigenvalue weighted by Gasteiger charge is 2.45. The second-order valence-electron chi connectivity index (χ2n) is 33.6. The number of benzene rings is 2. The number of likely N-dealkylation sites (tertiary alicyclic amines) is 1. The number of primary amides is 1.